The molecule has 1 aromatic carbocycles. The monoisotopic (exact) mass is 260 g/mol. The summed E-state index contributed by atoms with van der Waals surface area (Å²) in [4.78, 5) is 12.2. The lowest BCUT2D eigenvalue weighted by atomic mass is 9.99. The first-order valence-electron chi connectivity index (χ1n) is 7.21. The number of carbonyl (C=O) groups excluding carboxylic acids is 1. The third kappa shape index (κ3) is 4.06. The number of aryl methyl sites for hydroxylation is 2. The third-order valence-corrected chi connectivity index (χ3v) is 3.90. The Morgan fingerprint density at radius 3 is 3.00 bits per heavy atom. The maximum Gasteiger partial charge on any atom is 0.223 e. The minimum atomic E-state index is 0.181. The van der Waals surface area contributed by atoms with E-state index in [1.54, 1.807) is 0 Å². The van der Waals surface area contributed by atoms with Crippen LogP contribution in [0.15, 0.2) is 18.2 Å². The number of hydrogen-bond acceptors (Lipinski definition) is 2. The second kappa shape index (κ2) is 6.71. The van der Waals surface area contributed by atoms with Gasteiger partial charge in [0.2, 0.25) is 5.91 Å². The summed E-state index contributed by atoms with van der Waals surface area (Å²) in [6.45, 7) is 6.83. The smallest absolute Gasteiger partial charge is 0.223 e. The van der Waals surface area contributed by atoms with Gasteiger partial charge in [-0.15, -0.1) is 0 Å². The summed E-state index contributed by atoms with van der Waals surface area (Å²) in [6.07, 6.45) is 3.06. The van der Waals surface area contributed by atoms with Crippen molar-refractivity contribution in [3.8, 4) is 0 Å². The molecule has 1 fully saturated rings. The van der Waals surface area contributed by atoms with Crippen LogP contribution in [0.4, 0.5) is 0 Å². The van der Waals surface area contributed by atoms with E-state index in [1.165, 1.54) is 16.7 Å². The second-order valence-electron chi connectivity index (χ2n) is 5.53. The van der Waals surface area contributed by atoms with E-state index in [0.29, 0.717) is 6.54 Å². The molecule has 0 spiro atoms. The molecular formula is C16H24N2O. The Morgan fingerprint density at radius 1 is 1.32 bits per heavy atom. The normalized spacial score (nSPS) is 19.8. The molecule has 104 valence electrons. The molecular weight excluding hydrogens is 236 g/mol. The molecule has 3 nitrogen and oxygen atoms in total. The van der Waals surface area contributed by atoms with E-state index >= 15 is 0 Å². The highest BCUT2D eigenvalue weighted by Crippen LogP contribution is 2.15. The Bertz CT molecular complexity index is 434. The van der Waals surface area contributed by atoms with E-state index < -0.39 is 0 Å². The van der Waals surface area contributed by atoms with Crippen LogP contribution in [0.1, 0.15) is 36.0 Å². The SMILES string of the molecule is Cc1ccc(C)c(CNC(=O)[C@@H]2CCCNCC2)c1. The molecule has 1 aromatic rings. The number of benzene rings is 1. The van der Waals surface area contributed by atoms with Crippen molar-refractivity contribution in [1.82, 2.24) is 10.6 Å². The highest BCUT2D eigenvalue weighted by molar-refractivity contribution is 5.78. The molecule has 0 bridgehead atoms. The zero-order chi connectivity index (χ0) is 13.7. The zero-order valence-corrected chi connectivity index (χ0v) is 12.0. The lowest BCUT2D eigenvalue weighted by molar-refractivity contribution is -0.125. The summed E-state index contributed by atoms with van der Waals surface area (Å²) in [7, 11) is 0. The molecule has 0 aliphatic carbocycles. The topological polar surface area (TPSA) is 41.1 Å². The van der Waals surface area contributed by atoms with Gasteiger partial charge in [-0.05, 0) is 57.3 Å². The van der Waals surface area contributed by atoms with E-state index in [2.05, 4.69) is 42.7 Å². The second-order valence-corrected chi connectivity index (χ2v) is 5.53. The molecule has 19 heavy (non-hydrogen) atoms. The molecule has 0 aromatic heterocycles. The number of rotatable bonds is 3. The van der Waals surface area contributed by atoms with Crippen molar-refractivity contribution in [2.75, 3.05) is 13.1 Å². The number of amides is 1. The molecule has 3 heteroatoms. The maximum absolute atomic E-state index is 12.2. The minimum absolute atomic E-state index is 0.181. The van der Waals surface area contributed by atoms with Gasteiger partial charge < -0.3 is 10.6 Å². The molecule has 0 unspecified atom stereocenters. The standard InChI is InChI=1S/C16H24N2O/c1-12-5-6-13(2)15(10-12)11-18-16(19)14-4-3-8-17-9-7-14/h5-6,10,14,17H,3-4,7-9,11H2,1-2H3,(H,18,19)/t14-/m1/s1. The molecule has 1 aliphatic rings. The fraction of sp³-hybridized carbons (Fsp3) is 0.562. The van der Waals surface area contributed by atoms with Gasteiger partial charge in [-0.2, -0.15) is 0 Å². The molecule has 2 N–H and O–H groups in total. The van der Waals surface area contributed by atoms with Gasteiger partial charge >= 0.3 is 0 Å². The number of nitrogens with one attached hydrogen (secondary N) is 2. The van der Waals surface area contributed by atoms with Gasteiger partial charge in [0.1, 0.15) is 0 Å². The van der Waals surface area contributed by atoms with E-state index in [9.17, 15) is 4.79 Å². The Morgan fingerprint density at radius 2 is 2.16 bits per heavy atom. The van der Waals surface area contributed by atoms with Crippen molar-refractivity contribution in [3.63, 3.8) is 0 Å². The van der Waals surface area contributed by atoms with Crippen LogP contribution in [-0.2, 0) is 11.3 Å². The van der Waals surface area contributed by atoms with Crippen LogP contribution in [0, 0.1) is 19.8 Å². The predicted octanol–water partition coefficient (Wildman–Crippen LogP) is 2.31. The average molecular weight is 260 g/mol. The first-order chi connectivity index (χ1) is 9.16. The molecule has 0 saturated carbocycles. The van der Waals surface area contributed by atoms with Gasteiger partial charge in [0.25, 0.3) is 0 Å². The predicted molar refractivity (Wildman–Crippen MR) is 78.0 cm³/mol. The molecule has 2 rings (SSSR count). The van der Waals surface area contributed by atoms with Crippen molar-refractivity contribution >= 4 is 5.91 Å². The van der Waals surface area contributed by atoms with E-state index in [1.807, 2.05) is 0 Å². The Hall–Kier alpha value is -1.35. The summed E-state index contributed by atoms with van der Waals surface area (Å²) in [5, 5.41) is 6.44. The van der Waals surface area contributed by atoms with Crippen LogP contribution in [0.5, 0.6) is 0 Å². The van der Waals surface area contributed by atoms with Crippen molar-refractivity contribution in [2.24, 2.45) is 5.92 Å². The number of carbonyl (C=O) groups is 1. The van der Waals surface area contributed by atoms with Crippen LogP contribution in [-0.4, -0.2) is 19.0 Å². The van der Waals surface area contributed by atoms with Crippen LogP contribution >= 0.6 is 0 Å². The quantitative estimate of drug-likeness (QED) is 0.875. The summed E-state index contributed by atoms with van der Waals surface area (Å²) < 4.78 is 0. The summed E-state index contributed by atoms with van der Waals surface area (Å²) in [5.41, 5.74) is 3.71. The van der Waals surface area contributed by atoms with Gasteiger partial charge in [0.15, 0.2) is 0 Å². The summed E-state index contributed by atoms with van der Waals surface area (Å²) in [5.74, 6) is 0.393. The van der Waals surface area contributed by atoms with Crippen molar-refractivity contribution in [1.29, 1.82) is 0 Å². The molecule has 1 amide bonds. The van der Waals surface area contributed by atoms with Gasteiger partial charge in [0, 0.05) is 12.5 Å². The highest BCUT2D eigenvalue weighted by Gasteiger charge is 2.19. The largest absolute Gasteiger partial charge is 0.352 e. The molecule has 1 heterocycles. The summed E-state index contributed by atoms with van der Waals surface area (Å²) in [6, 6.07) is 6.38. The molecule has 0 radical (unpaired) electrons. The van der Waals surface area contributed by atoms with Crippen LogP contribution in [0.3, 0.4) is 0 Å². The molecule has 1 saturated heterocycles. The Balaban J connectivity index is 1.90. The van der Waals surface area contributed by atoms with Gasteiger partial charge in [-0.1, -0.05) is 23.8 Å². The van der Waals surface area contributed by atoms with Gasteiger partial charge in [0.05, 0.1) is 0 Å². The van der Waals surface area contributed by atoms with Crippen LogP contribution in [0.2, 0.25) is 0 Å². The number of hydrogen-bond donors (Lipinski definition) is 2. The van der Waals surface area contributed by atoms with E-state index in [4.69, 9.17) is 0 Å². The van der Waals surface area contributed by atoms with Crippen LogP contribution in [0.25, 0.3) is 0 Å². The third-order valence-electron chi connectivity index (χ3n) is 3.90. The Kier molecular flexibility index (Phi) is 4.97. The highest BCUT2D eigenvalue weighted by atomic mass is 16.1. The minimum Gasteiger partial charge on any atom is -0.352 e. The lowest BCUT2D eigenvalue weighted by Crippen LogP contribution is -2.31. The first-order valence-corrected chi connectivity index (χ1v) is 7.21. The van der Waals surface area contributed by atoms with Crippen LogP contribution < -0.4 is 10.6 Å². The first kappa shape index (κ1) is 14.1. The lowest BCUT2D eigenvalue weighted by Gasteiger charge is -2.15. The van der Waals surface area contributed by atoms with E-state index in [0.717, 1.165) is 32.4 Å². The average Bonchev–Trinajstić information content (AvgIpc) is 2.68. The molecule has 1 atom stereocenters. The van der Waals surface area contributed by atoms with Crippen molar-refractivity contribution in [3.05, 3.63) is 34.9 Å². The van der Waals surface area contributed by atoms with Gasteiger partial charge in [-0.3, -0.25) is 4.79 Å². The van der Waals surface area contributed by atoms with Gasteiger partial charge in [-0.25, -0.2) is 0 Å². The Labute approximate surface area is 115 Å². The maximum atomic E-state index is 12.2. The fourth-order valence-corrected chi connectivity index (χ4v) is 2.60. The zero-order valence-electron chi connectivity index (χ0n) is 12.0. The van der Waals surface area contributed by atoms with Crippen molar-refractivity contribution < 1.29 is 4.79 Å². The fourth-order valence-electron chi connectivity index (χ4n) is 2.60. The summed E-state index contributed by atoms with van der Waals surface area (Å²) >= 11 is 0. The molecule has 1 aliphatic heterocycles. The van der Waals surface area contributed by atoms with Crippen molar-refractivity contribution in [2.45, 2.75) is 39.7 Å². The van der Waals surface area contributed by atoms with E-state index in [-0.39, 0.29) is 11.8 Å².